The molecule has 0 aliphatic carbocycles. The summed E-state index contributed by atoms with van der Waals surface area (Å²) in [7, 11) is -3.03. The van der Waals surface area contributed by atoms with Crippen molar-refractivity contribution in [3.63, 3.8) is 0 Å². The molecule has 0 bridgehead atoms. The minimum atomic E-state index is -3.03. The molecule has 2 rings (SSSR count). The summed E-state index contributed by atoms with van der Waals surface area (Å²) in [6.07, 6.45) is 5.61. The predicted octanol–water partition coefficient (Wildman–Crippen LogP) is 0.719. The molecule has 2 aliphatic heterocycles. The second-order valence-corrected chi connectivity index (χ2v) is 7.98. The van der Waals surface area contributed by atoms with E-state index in [-0.39, 0.29) is 0 Å². The summed E-state index contributed by atoms with van der Waals surface area (Å²) in [5.41, 5.74) is 0. The zero-order valence-corrected chi connectivity index (χ0v) is 14.0. The van der Waals surface area contributed by atoms with Gasteiger partial charge < -0.3 is 10.2 Å². The van der Waals surface area contributed by atoms with Crippen molar-refractivity contribution in [3.8, 4) is 0 Å². The third-order valence-electron chi connectivity index (χ3n) is 4.28. The molecule has 6 nitrogen and oxygen atoms in total. The lowest BCUT2D eigenvalue weighted by Gasteiger charge is -2.29. The van der Waals surface area contributed by atoms with Crippen molar-refractivity contribution >= 4 is 16.0 Å². The van der Waals surface area contributed by atoms with E-state index in [0.717, 1.165) is 45.0 Å². The van der Waals surface area contributed by atoms with E-state index in [1.165, 1.54) is 19.1 Å². The summed E-state index contributed by atoms with van der Waals surface area (Å²) < 4.78 is 24.6. The van der Waals surface area contributed by atoms with Crippen molar-refractivity contribution in [1.29, 1.82) is 0 Å². The number of nitrogens with one attached hydrogen (secondary N) is 1. The lowest BCUT2D eigenvalue weighted by molar-refractivity contribution is 0.279. The third kappa shape index (κ3) is 4.85. The molecule has 7 heteroatoms. The number of hydrogen-bond donors (Lipinski definition) is 1. The van der Waals surface area contributed by atoms with Gasteiger partial charge in [0.15, 0.2) is 5.96 Å². The summed E-state index contributed by atoms with van der Waals surface area (Å²) in [4.78, 5) is 7.10. The first-order valence-corrected chi connectivity index (χ1v) is 9.84. The summed E-state index contributed by atoms with van der Waals surface area (Å²) >= 11 is 0. The molecular formula is C14H28N4O2S. The largest absolute Gasteiger partial charge is 0.357 e. The van der Waals surface area contributed by atoms with E-state index in [9.17, 15) is 8.42 Å². The van der Waals surface area contributed by atoms with Crippen molar-refractivity contribution in [2.75, 3.05) is 45.5 Å². The number of aliphatic imine (C=N–C) groups is 1. The normalized spacial score (nSPS) is 22.8. The zero-order valence-electron chi connectivity index (χ0n) is 13.2. The zero-order chi connectivity index (χ0) is 15.3. The molecule has 2 aliphatic rings. The third-order valence-corrected chi connectivity index (χ3v) is 5.59. The Morgan fingerprint density at radius 1 is 1.19 bits per heavy atom. The lowest BCUT2D eigenvalue weighted by atomic mass is 9.98. The van der Waals surface area contributed by atoms with Crippen LogP contribution in [0.5, 0.6) is 0 Å². The Morgan fingerprint density at radius 3 is 2.33 bits per heavy atom. The Morgan fingerprint density at radius 2 is 1.81 bits per heavy atom. The van der Waals surface area contributed by atoms with Crippen molar-refractivity contribution < 1.29 is 8.42 Å². The maximum absolute atomic E-state index is 11.5. The topological polar surface area (TPSA) is 65.0 Å². The summed E-state index contributed by atoms with van der Waals surface area (Å²) in [6.45, 7) is 7.25. The van der Waals surface area contributed by atoms with Crippen LogP contribution in [0.4, 0.5) is 0 Å². The second kappa shape index (κ2) is 7.45. The van der Waals surface area contributed by atoms with Crippen LogP contribution in [0.25, 0.3) is 0 Å². The number of likely N-dealkylation sites (tertiary alicyclic amines) is 1. The van der Waals surface area contributed by atoms with Crippen LogP contribution in [0.1, 0.15) is 32.6 Å². The van der Waals surface area contributed by atoms with Crippen LogP contribution in [0.2, 0.25) is 0 Å². The van der Waals surface area contributed by atoms with Crippen LogP contribution < -0.4 is 5.32 Å². The molecule has 21 heavy (non-hydrogen) atoms. The van der Waals surface area contributed by atoms with Crippen molar-refractivity contribution in [2.24, 2.45) is 10.9 Å². The number of nitrogens with zero attached hydrogens (tertiary/aromatic N) is 3. The molecule has 2 heterocycles. The van der Waals surface area contributed by atoms with Crippen LogP contribution in [0.3, 0.4) is 0 Å². The van der Waals surface area contributed by atoms with Gasteiger partial charge in [-0.05, 0) is 38.5 Å². The van der Waals surface area contributed by atoms with Gasteiger partial charge in [0.2, 0.25) is 10.0 Å². The first kappa shape index (κ1) is 16.5. The smallest absolute Gasteiger partial charge is 0.211 e. The maximum Gasteiger partial charge on any atom is 0.211 e. The number of hydrogen-bond acceptors (Lipinski definition) is 3. The Labute approximate surface area is 128 Å². The molecule has 2 fully saturated rings. The van der Waals surface area contributed by atoms with E-state index < -0.39 is 10.0 Å². The van der Waals surface area contributed by atoms with Crippen LogP contribution in [0.15, 0.2) is 4.99 Å². The van der Waals surface area contributed by atoms with Gasteiger partial charge >= 0.3 is 0 Å². The molecule has 0 amide bonds. The number of rotatable bonds is 4. The molecule has 0 spiro atoms. The van der Waals surface area contributed by atoms with Gasteiger partial charge in [-0.25, -0.2) is 12.7 Å². The fourth-order valence-electron chi connectivity index (χ4n) is 2.99. The van der Waals surface area contributed by atoms with Gasteiger partial charge in [0.05, 0.1) is 6.26 Å². The average molecular weight is 316 g/mol. The Hall–Kier alpha value is -0.820. The van der Waals surface area contributed by atoms with E-state index in [1.54, 1.807) is 4.31 Å². The molecule has 2 saturated heterocycles. The van der Waals surface area contributed by atoms with Gasteiger partial charge in [-0.1, -0.05) is 0 Å². The average Bonchev–Trinajstić information content (AvgIpc) is 2.97. The highest BCUT2D eigenvalue weighted by atomic mass is 32.2. The van der Waals surface area contributed by atoms with E-state index in [4.69, 9.17) is 4.99 Å². The van der Waals surface area contributed by atoms with Gasteiger partial charge in [-0.2, -0.15) is 0 Å². The Balaban J connectivity index is 1.85. The fourth-order valence-corrected chi connectivity index (χ4v) is 3.87. The van der Waals surface area contributed by atoms with E-state index in [0.29, 0.717) is 19.0 Å². The van der Waals surface area contributed by atoms with Crippen LogP contribution in [-0.2, 0) is 10.0 Å². The molecule has 0 radical (unpaired) electrons. The standard InChI is InChI=1S/C14H28N4O2S/c1-3-15-14(17-8-4-5-9-17)16-12-13-6-10-18(11-7-13)21(2,19)20/h13H,3-12H2,1-2H3,(H,15,16). The lowest BCUT2D eigenvalue weighted by Crippen LogP contribution is -2.41. The van der Waals surface area contributed by atoms with Crippen molar-refractivity contribution in [1.82, 2.24) is 14.5 Å². The predicted molar refractivity (Wildman–Crippen MR) is 85.9 cm³/mol. The molecule has 1 N–H and O–H groups in total. The molecule has 122 valence electrons. The van der Waals surface area contributed by atoms with E-state index in [2.05, 4.69) is 17.1 Å². The van der Waals surface area contributed by atoms with Gasteiger partial charge in [0, 0.05) is 39.3 Å². The monoisotopic (exact) mass is 316 g/mol. The van der Waals surface area contributed by atoms with Crippen molar-refractivity contribution in [2.45, 2.75) is 32.6 Å². The Kier molecular flexibility index (Phi) is 5.87. The highest BCUT2D eigenvalue weighted by molar-refractivity contribution is 7.88. The van der Waals surface area contributed by atoms with E-state index >= 15 is 0 Å². The first-order chi connectivity index (χ1) is 10.0. The van der Waals surface area contributed by atoms with Crippen LogP contribution >= 0.6 is 0 Å². The number of guanidine groups is 1. The molecule has 0 saturated carbocycles. The molecule has 0 unspecified atom stereocenters. The number of sulfonamides is 1. The molecule has 0 aromatic rings. The molecule has 0 atom stereocenters. The first-order valence-electron chi connectivity index (χ1n) is 7.99. The van der Waals surface area contributed by atoms with Crippen molar-refractivity contribution in [3.05, 3.63) is 0 Å². The van der Waals surface area contributed by atoms with E-state index in [1.807, 2.05) is 0 Å². The van der Waals surface area contributed by atoms with Gasteiger partial charge in [-0.3, -0.25) is 4.99 Å². The summed E-state index contributed by atoms with van der Waals surface area (Å²) in [5.74, 6) is 1.53. The molecule has 0 aromatic heterocycles. The SMILES string of the molecule is CCNC(=NCC1CCN(S(C)(=O)=O)CC1)N1CCCC1. The van der Waals surface area contributed by atoms with Crippen LogP contribution in [-0.4, -0.2) is 69.1 Å². The highest BCUT2D eigenvalue weighted by Gasteiger charge is 2.25. The van der Waals surface area contributed by atoms with Gasteiger partial charge in [0.25, 0.3) is 0 Å². The fraction of sp³-hybridized carbons (Fsp3) is 0.929. The molecule has 0 aromatic carbocycles. The van der Waals surface area contributed by atoms with Gasteiger partial charge in [0.1, 0.15) is 0 Å². The minimum Gasteiger partial charge on any atom is -0.357 e. The maximum atomic E-state index is 11.5. The summed E-state index contributed by atoms with van der Waals surface area (Å²) in [5, 5.41) is 3.37. The number of piperidine rings is 1. The van der Waals surface area contributed by atoms with Crippen LogP contribution in [0, 0.1) is 5.92 Å². The van der Waals surface area contributed by atoms with Gasteiger partial charge in [-0.15, -0.1) is 0 Å². The minimum absolute atomic E-state index is 0.499. The molecular weight excluding hydrogens is 288 g/mol. The highest BCUT2D eigenvalue weighted by Crippen LogP contribution is 2.19. The Bertz CT molecular complexity index is 450. The summed E-state index contributed by atoms with van der Waals surface area (Å²) in [6, 6.07) is 0. The second-order valence-electron chi connectivity index (χ2n) is 5.99. The quantitative estimate of drug-likeness (QED) is 0.613.